The number of carbonyl (C=O) groups is 1. The molecule has 0 atom stereocenters. The zero-order valence-corrected chi connectivity index (χ0v) is 14.8. The quantitative estimate of drug-likeness (QED) is 0.530. The number of aromatic nitrogens is 3. The fraction of sp³-hybridized carbons (Fsp3) is 0.111. The van der Waals surface area contributed by atoms with Gasteiger partial charge in [-0.2, -0.15) is 0 Å². The van der Waals surface area contributed by atoms with Crippen molar-refractivity contribution in [2.75, 3.05) is 10.6 Å². The number of rotatable bonds is 5. The van der Waals surface area contributed by atoms with E-state index in [0.29, 0.717) is 22.2 Å². The number of carbonyl (C=O) groups excluding carboxylic acids is 1. The summed E-state index contributed by atoms with van der Waals surface area (Å²) in [5.74, 6) is 0.0183. The smallest absolute Gasteiger partial charge is 0.248 e. The van der Waals surface area contributed by atoms with Crippen molar-refractivity contribution in [1.82, 2.24) is 14.8 Å². The highest BCUT2D eigenvalue weighted by Crippen LogP contribution is 2.11. The second kappa shape index (κ2) is 7.83. The van der Waals surface area contributed by atoms with Gasteiger partial charge in [-0.05, 0) is 49.5 Å². The Bertz CT molecular complexity index is 939. The molecule has 1 heterocycles. The number of benzene rings is 2. The van der Waals surface area contributed by atoms with Gasteiger partial charge in [0.05, 0.1) is 6.54 Å². The molecule has 0 unspecified atom stereocenters. The molecule has 0 fully saturated rings. The topological polar surface area (TPSA) is 71.8 Å². The van der Waals surface area contributed by atoms with E-state index in [1.54, 1.807) is 42.5 Å². The predicted molar refractivity (Wildman–Crippen MR) is 102 cm³/mol. The maximum absolute atomic E-state index is 13.7. The first-order valence-electron chi connectivity index (χ1n) is 7.83. The Kier molecular flexibility index (Phi) is 5.33. The highest BCUT2D eigenvalue weighted by Gasteiger charge is 2.07. The lowest BCUT2D eigenvalue weighted by Gasteiger charge is -2.08. The zero-order valence-electron chi connectivity index (χ0n) is 13.9. The lowest BCUT2D eigenvalue weighted by atomic mass is 10.1. The van der Waals surface area contributed by atoms with Gasteiger partial charge in [0.15, 0.2) is 10.9 Å². The molecular formula is C18H16FN5OS. The minimum absolute atomic E-state index is 0.00171. The van der Waals surface area contributed by atoms with Crippen molar-refractivity contribution in [1.29, 1.82) is 0 Å². The van der Waals surface area contributed by atoms with E-state index in [2.05, 4.69) is 20.7 Å². The fourth-order valence-electron chi connectivity index (χ4n) is 2.28. The first kappa shape index (κ1) is 17.7. The van der Waals surface area contributed by atoms with Crippen LogP contribution in [-0.2, 0) is 6.54 Å². The number of thiocarbonyl (C=S) groups is 1. The van der Waals surface area contributed by atoms with Crippen LogP contribution in [0.15, 0.2) is 54.9 Å². The molecule has 0 spiro atoms. The monoisotopic (exact) mass is 369 g/mol. The van der Waals surface area contributed by atoms with E-state index in [1.165, 1.54) is 24.0 Å². The second-order valence-electron chi connectivity index (χ2n) is 5.57. The fourth-order valence-corrected chi connectivity index (χ4v) is 2.49. The average molecular weight is 369 g/mol. The van der Waals surface area contributed by atoms with E-state index in [1.807, 2.05) is 0 Å². The van der Waals surface area contributed by atoms with Crippen molar-refractivity contribution >= 4 is 34.7 Å². The van der Waals surface area contributed by atoms with E-state index >= 15 is 0 Å². The number of Topliss-reactive ketones (excluding diaryl/α,β-unsaturated/α-hetero) is 1. The van der Waals surface area contributed by atoms with Crippen LogP contribution >= 0.6 is 12.2 Å². The molecule has 3 rings (SSSR count). The molecule has 1 aromatic heterocycles. The van der Waals surface area contributed by atoms with Crippen LogP contribution in [-0.4, -0.2) is 25.7 Å². The molecule has 132 valence electrons. The van der Waals surface area contributed by atoms with Crippen LogP contribution in [0.5, 0.6) is 0 Å². The van der Waals surface area contributed by atoms with Gasteiger partial charge in [0.1, 0.15) is 12.1 Å². The van der Waals surface area contributed by atoms with Crippen LogP contribution in [0.25, 0.3) is 0 Å². The number of hydrogen-bond acceptors (Lipinski definition) is 4. The summed E-state index contributed by atoms with van der Waals surface area (Å²) in [6.45, 7) is 1.78. The van der Waals surface area contributed by atoms with Gasteiger partial charge in [-0.15, -0.1) is 5.10 Å². The molecule has 0 aliphatic heterocycles. The van der Waals surface area contributed by atoms with Gasteiger partial charge in [0, 0.05) is 16.8 Å². The van der Waals surface area contributed by atoms with Crippen LogP contribution < -0.4 is 10.6 Å². The molecule has 2 aromatic carbocycles. The van der Waals surface area contributed by atoms with Gasteiger partial charge in [-0.3, -0.25) is 10.1 Å². The third-order valence-corrected chi connectivity index (χ3v) is 3.81. The number of nitrogens with one attached hydrogen (secondary N) is 2. The summed E-state index contributed by atoms with van der Waals surface area (Å²) in [5, 5.41) is 10.4. The Hall–Kier alpha value is -3.13. The third kappa shape index (κ3) is 4.48. The largest absolute Gasteiger partial charge is 0.332 e. The van der Waals surface area contributed by atoms with E-state index in [9.17, 15) is 9.18 Å². The van der Waals surface area contributed by atoms with Gasteiger partial charge >= 0.3 is 0 Å². The van der Waals surface area contributed by atoms with Crippen molar-refractivity contribution in [3.05, 3.63) is 71.8 Å². The number of ketones is 1. The summed E-state index contributed by atoms with van der Waals surface area (Å²) >= 11 is 5.22. The first-order valence-corrected chi connectivity index (χ1v) is 8.24. The molecule has 26 heavy (non-hydrogen) atoms. The molecule has 2 N–H and O–H groups in total. The highest BCUT2D eigenvalue weighted by atomic mass is 32.1. The Morgan fingerprint density at radius 2 is 1.88 bits per heavy atom. The molecule has 0 amide bonds. The molecule has 0 radical (unpaired) electrons. The van der Waals surface area contributed by atoms with Gasteiger partial charge < -0.3 is 5.32 Å². The third-order valence-electron chi connectivity index (χ3n) is 3.60. The van der Waals surface area contributed by atoms with Crippen molar-refractivity contribution in [2.24, 2.45) is 0 Å². The molecule has 0 aliphatic carbocycles. The number of anilines is 2. The van der Waals surface area contributed by atoms with Crippen molar-refractivity contribution in [3.63, 3.8) is 0 Å². The molecule has 6 nitrogen and oxygen atoms in total. The van der Waals surface area contributed by atoms with Crippen molar-refractivity contribution in [2.45, 2.75) is 13.5 Å². The van der Waals surface area contributed by atoms with Crippen LogP contribution in [0.1, 0.15) is 22.8 Å². The van der Waals surface area contributed by atoms with Crippen LogP contribution in [0.3, 0.4) is 0 Å². The summed E-state index contributed by atoms with van der Waals surface area (Å²) in [4.78, 5) is 15.4. The lowest BCUT2D eigenvalue weighted by Crippen LogP contribution is -2.20. The Morgan fingerprint density at radius 3 is 2.58 bits per heavy atom. The maximum Gasteiger partial charge on any atom is 0.248 e. The van der Waals surface area contributed by atoms with E-state index in [4.69, 9.17) is 12.2 Å². The second-order valence-corrected chi connectivity index (χ2v) is 5.98. The average Bonchev–Trinajstić information content (AvgIpc) is 3.04. The minimum Gasteiger partial charge on any atom is -0.332 e. The van der Waals surface area contributed by atoms with E-state index in [-0.39, 0.29) is 18.1 Å². The normalized spacial score (nSPS) is 10.4. The SMILES string of the molecule is CC(=O)c1ccc(NC(=S)Nc2ncn(Cc3ccccc3F)n2)cc1. The van der Waals surface area contributed by atoms with Crippen LogP contribution in [0.4, 0.5) is 16.0 Å². The Labute approximate surface area is 155 Å². The van der Waals surface area contributed by atoms with Crippen molar-refractivity contribution in [3.8, 4) is 0 Å². The number of halogens is 1. The number of hydrogen-bond donors (Lipinski definition) is 2. The molecular weight excluding hydrogens is 353 g/mol. The molecule has 0 saturated heterocycles. The van der Waals surface area contributed by atoms with Gasteiger partial charge in [0.25, 0.3) is 0 Å². The lowest BCUT2D eigenvalue weighted by molar-refractivity contribution is 0.101. The molecule has 0 bridgehead atoms. The summed E-state index contributed by atoms with van der Waals surface area (Å²) < 4.78 is 15.2. The summed E-state index contributed by atoms with van der Waals surface area (Å²) in [7, 11) is 0. The summed E-state index contributed by atoms with van der Waals surface area (Å²) in [6.07, 6.45) is 1.50. The standard InChI is InChI=1S/C18H16FN5OS/c1-12(25)13-6-8-15(9-7-13)21-18(26)22-17-20-11-24(23-17)10-14-4-2-3-5-16(14)19/h2-9,11H,10H2,1H3,(H2,21,22,23,26). The number of nitrogens with zero attached hydrogens (tertiary/aromatic N) is 3. The summed E-state index contributed by atoms with van der Waals surface area (Å²) in [6, 6.07) is 13.5. The molecule has 8 heteroatoms. The zero-order chi connectivity index (χ0) is 18.5. The van der Waals surface area contributed by atoms with Gasteiger partial charge in [-0.25, -0.2) is 14.1 Å². The predicted octanol–water partition coefficient (Wildman–Crippen LogP) is 3.48. The minimum atomic E-state index is -0.288. The van der Waals surface area contributed by atoms with Crippen LogP contribution in [0.2, 0.25) is 0 Å². The molecule has 0 saturated carbocycles. The van der Waals surface area contributed by atoms with Crippen LogP contribution in [0, 0.1) is 5.82 Å². The Balaban J connectivity index is 1.59. The molecule has 0 aliphatic rings. The van der Waals surface area contributed by atoms with Gasteiger partial charge in [0.2, 0.25) is 5.95 Å². The van der Waals surface area contributed by atoms with Crippen molar-refractivity contribution < 1.29 is 9.18 Å². The van der Waals surface area contributed by atoms with E-state index in [0.717, 1.165) is 5.69 Å². The van der Waals surface area contributed by atoms with Gasteiger partial charge in [-0.1, -0.05) is 18.2 Å². The summed E-state index contributed by atoms with van der Waals surface area (Å²) in [5.41, 5.74) is 1.89. The van der Waals surface area contributed by atoms with E-state index < -0.39 is 0 Å². The Morgan fingerprint density at radius 1 is 1.15 bits per heavy atom. The molecule has 3 aromatic rings. The maximum atomic E-state index is 13.7. The highest BCUT2D eigenvalue weighted by molar-refractivity contribution is 7.80. The first-order chi connectivity index (χ1) is 12.5.